The third-order valence-electron chi connectivity index (χ3n) is 2.25. The minimum absolute atomic E-state index is 0.00405. The number of nitrogens with zero attached hydrogens (tertiary/aromatic N) is 1. The van der Waals surface area contributed by atoms with Gasteiger partial charge >= 0.3 is 0 Å². The number of aliphatic hydroxyl groups is 1. The van der Waals surface area contributed by atoms with Gasteiger partial charge in [-0.05, 0) is 19.9 Å². The van der Waals surface area contributed by atoms with Crippen LogP contribution in [0.4, 0.5) is 8.78 Å². The fourth-order valence-electron chi connectivity index (χ4n) is 1.43. The van der Waals surface area contributed by atoms with Crippen LogP contribution in [0.1, 0.15) is 12.8 Å². The topological polar surface area (TPSA) is 35.5 Å². The zero-order chi connectivity index (χ0) is 10.6. The van der Waals surface area contributed by atoms with E-state index in [-0.39, 0.29) is 19.2 Å². The van der Waals surface area contributed by atoms with Gasteiger partial charge in [-0.25, -0.2) is 8.78 Å². The van der Waals surface area contributed by atoms with Crippen molar-refractivity contribution in [1.29, 1.82) is 0 Å². The van der Waals surface area contributed by atoms with Gasteiger partial charge in [0.25, 0.3) is 6.43 Å². The van der Waals surface area contributed by atoms with Gasteiger partial charge in [0.2, 0.25) is 0 Å². The molecule has 1 saturated carbocycles. The maximum atomic E-state index is 12.0. The second-order valence-corrected chi connectivity index (χ2v) is 3.93. The lowest BCUT2D eigenvalue weighted by Gasteiger charge is -2.23. The summed E-state index contributed by atoms with van der Waals surface area (Å²) in [6, 6.07) is 0.415. The Morgan fingerprint density at radius 3 is 2.50 bits per heavy atom. The monoisotopic (exact) mass is 208 g/mol. The van der Waals surface area contributed by atoms with Crippen molar-refractivity contribution in [1.82, 2.24) is 10.2 Å². The number of rotatable bonds is 7. The van der Waals surface area contributed by atoms with Crippen molar-refractivity contribution in [3.8, 4) is 0 Å². The highest BCUT2D eigenvalue weighted by Gasteiger charge is 2.25. The average molecular weight is 208 g/mol. The van der Waals surface area contributed by atoms with Crippen LogP contribution in [0.25, 0.3) is 0 Å². The quantitative estimate of drug-likeness (QED) is 0.631. The second kappa shape index (κ2) is 5.58. The molecule has 84 valence electrons. The predicted molar refractivity (Wildman–Crippen MR) is 50.5 cm³/mol. The molecular weight excluding hydrogens is 190 g/mol. The third kappa shape index (κ3) is 4.83. The van der Waals surface area contributed by atoms with Gasteiger partial charge in [-0.1, -0.05) is 0 Å². The summed E-state index contributed by atoms with van der Waals surface area (Å²) in [5, 5.41) is 12.2. The predicted octanol–water partition coefficient (Wildman–Crippen LogP) is 0.296. The summed E-state index contributed by atoms with van der Waals surface area (Å²) in [6.45, 7) is 0.240. The highest BCUT2D eigenvalue weighted by molar-refractivity contribution is 4.85. The summed E-state index contributed by atoms with van der Waals surface area (Å²) >= 11 is 0. The van der Waals surface area contributed by atoms with Gasteiger partial charge in [0.15, 0.2) is 0 Å². The Morgan fingerprint density at radius 1 is 1.43 bits per heavy atom. The molecule has 0 radical (unpaired) electrons. The van der Waals surface area contributed by atoms with Crippen LogP contribution in [0.2, 0.25) is 0 Å². The SMILES string of the molecule is CN(CC(F)F)CC(CO)NC1CC1. The fraction of sp³-hybridized carbons (Fsp3) is 1.00. The van der Waals surface area contributed by atoms with Crippen molar-refractivity contribution in [2.45, 2.75) is 31.4 Å². The fourth-order valence-corrected chi connectivity index (χ4v) is 1.43. The largest absolute Gasteiger partial charge is 0.395 e. The van der Waals surface area contributed by atoms with E-state index in [0.717, 1.165) is 12.8 Å². The molecule has 0 amide bonds. The first-order valence-corrected chi connectivity index (χ1v) is 4.95. The van der Waals surface area contributed by atoms with Gasteiger partial charge in [0, 0.05) is 18.6 Å². The maximum absolute atomic E-state index is 12.0. The summed E-state index contributed by atoms with van der Waals surface area (Å²) in [5.41, 5.74) is 0. The molecule has 1 aliphatic rings. The summed E-state index contributed by atoms with van der Waals surface area (Å²) in [6.07, 6.45) is -0.0373. The van der Waals surface area contributed by atoms with Crippen molar-refractivity contribution in [2.75, 3.05) is 26.7 Å². The number of nitrogens with one attached hydrogen (secondary N) is 1. The molecule has 0 spiro atoms. The number of halogens is 2. The first kappa shape index (κ1) is 11.8. The van der Waals surface area contributed by atoms with Crippen molar-refractivity contribution in [3.05, 3.63) is 0 Å². The molecule has 3 nitrogen and oxygen atoms in total. The van der Waals surface area contributed by atoms with Gasteiger partial charge in [0.05, 0.1) is 13.2 Å². The Balaban J connectivity index is 2.16. The Bertz CT molecular complexity index is 165. The Hall–Kier alpha value is -0.260. The number of hydrogen-bond donors (Lipinski definition) is 2. The van der Waals surface area contributed by atoms with Crippen LogP contribution < -0.4 is 5.32 Å². The Kier molecular flexibility index (Phi) is 4.71. The smallest absolute Gasteiger partial charge is 0.251 e. The number of likely N-dealkylation sites (N-methyl/N-ethyl adjacent to an activating group) is 1. The van der Waals surface area contributed by atoms with Crippen LogP contribution in [-0.4, -0.2) is 55.3 Å². The molecular formula is C9H18F2N2O. The van der Waals surface area contributed by atoms with Gasteiger partial charge < -0.3 is 10.4 Å². The lowest BCUT2D eigenvalue weighted by Crippen LogP contribution is -2.44. The molecule has 1 rings (SSSR count). The minimum atomic E-state index is -2.31. The van der Waals surface area contributed by atoms with Crippen molar-refractivity contribution in [3.63, 3.8) is 0 Å². The highest BCUT2D eigenvalue weighted by atomic mass is 19.3. The molecule has 5 heteroatoms. The van der Waals surface area contributed by atoms with Crippen LogP contribution in [0.5, 0.6) is 0 Å². The van der Waals surface area contributed by atoms with Crippen molar-refractivity contribution in [2.24, 2.45) is 0 Å². The lowest BCUT2D eigenvalue weighted by molar-refractivity contribution is 0.0900. The standard InChI is InChI=1S/C9H18F2N2O/c1-13(5-9(10)11)4-8(6-14)12-7-2-3-7/h7-9,12,14H,2-6H2,1H3. The highest BCUT2D eigenvalue weighted by Crippen LogP contribution is 2.19. The number of aliphatic hydroxyl groups excluding tert-OH is 1. The molecule has 1 aliphatic carbocycles. The van der Waals surface area contributed by atoms with Crippen molar-refractivity contribution < 1.29 is 13.9 Å². The molecule has 1 unspecified atom stereocenters. The van der Waals surface area contributed by atoms with Crippen molar-refractivity contribution >= 4 is 0 Å². The van der Waals surface area contributed by atoms with E-state index >= 15 is 0 Å². The minimum Gasteiger partial charge on any atom is -0.395 e. The summed E-state index contributed by atoms with van der Waals surface area (Å²) in [4.78, 5) is 1.54. The van der Waals surface area contributed by atoms with E-state index < -0.39 is 6.43 Å². The summed E-state index contributed by atoms with van der Waals surface area (Å²) < 4.78 is 24.0. The second-order valence-electron chi connectivity index (χ2n) is 3.93. The van der Waals surface area contributed by atoms with Gasteiger partial charge in [-0.3, -0.25) is 4.90 Å². The molecule has 0 aromatic heterocycles. The van der Waals surface area contributed by atoms with Crippen LogP contribution in [0.15, 0.2) is 0 Å². The van der Waals surface area contributed by atoms with E-state index in [1.807, 2.05) is 0 Å². The van der Waals surface area contributed by atoms with E-state index in [4.69, 9.17) is 5.11 Å². The molecule has 0 aliphatic heterocycles. The molecule has 0 aromatic carbocycles. The average Bonchev–Trinajstić information content (AvgIpc) is 2.85. The zero-order valence-electron chi connectivity index (χ0n) is 8.42. The van der Waals surface area contributed by atoms with E-state index in [1.165, 1.54) is 0 Å². The molecule has 0 aromatic rings. The van der Waals surface area contributed by atoms with Gasteiger partial charge in [-0.2, -0.15) is 0 Å². The van der Waals surface area contributed by atoms with Gasteiger partial charge in [-0.15, -0.1) is 0 Å². The van der Waals surface area contributed by atoms with E-state index in [9.17, 15) is 8.78 Å². The first-order valence-electron chi connectivity index (χ1n) is 4.95. The van der Waals surface area contributed by atoms with Crippen LogP contribution in [-0.2, 0) is 0 Å². The van der Waals surface area contributed by atoms with E-state index in [2.05, 4.69) is 5.32 Å². The van der Waals surface area contributed by atoms with E-state index in [0.29, 0.717) is 12.6 Å². The molecule has 0 heterocycles. The van der Waals surface area contributed by atoms with E-state index in [1.54, 1.807) is 11.9 Å². The molecule has 0 bridgehead atoms. The first-order chi connectivity index (χ1) is 6.61. The third-order valence-corrected chi connectivity index (χ3v) is 2.25. The van der Waals surface area contributed by atoms with Crippen LogP contribution >= 0.6 is 0 Å². The maximum Gasteiger partial charge on any atom is 0.251 e. The molecule has 1 atom stereocenters. The molecule has 1 fully saturated rings. The molecule has 14 heavy (non-hydrogen) atoms. The lowest BCUT2D eigenvalue weighted by atomic mass is 10.3. The number of alkyl halides is 2. The van der Waals surface area contributed by atoms with Crippen LogP contribution in [0.3, 0.4) is 0 Å². The van der Waals surface area contributed by atoms with Gasteiger partial charge in [0.1, 0.15) is 0 Å². The molecule has 2 N–H and O–H groups in total. The zero-order valence-corrected chi connectivity index (χ0v) is 8.42. The normalized spacial score (nSPS) is 19.3. The summed E-state index contributed by atoms with van der Waals surface area (Å²) in [7, 11) is 1.64. The Labute approximate surface area is 83.1 Å². The Morgan fingerprint density at radius 2 is 2.07 bits per heavy atom. The summed E-state index contributed by atoms with van der Waals surface area (Å²) in [5.74, 6) is 0. The number of hydrogen-bond acceptors (Lipinski definition) is 3. The van der Waals surface area contributed by atoms with Crippen LogP contribution in [0, 0.1) is 0 Å². The molecule has 0 saturated heterocycles.